The number of nitrogens with one attached hydrogen (secondary N) is 1. The highest BCUT2D eigenvalue weighted by molar-refractivity contribution is 9.10. The molecule has 0 bridgehead atoms. The minimum atomic E-state index is 0.495. The van der Waals surface area contributed by atoms with E-state index in [1.807, 2.05) is 6.07 Å². The summed E-state index contributed by atoms with van der Waals surface area (Å²) in [5, 5.41) is 3.68. The molecule has 4 heteroatoms. The quantitative estimate of drug-likeness (QED) is 0.904. The summed E-state index contributed by atoms with van der Waals surface area (Å²) in [4.78, 5) is 2.49. The van der Waals surface area contributed by atoms with E-state index in [0.717, 1.165) is 23.3 Å². The van der Waals surface area contributed by atoms with Gasteiger partial charge >= 0.3 is 0 Å². The summed E-state index contributed by atoms with van der Waals surface area (Å²) in [5.74, 6) is 1.60. The summed E-state index contributed by atoms with van der Waals surface area (Å²) < 4.78 is 6.45. The molecule has 3 unspecified atom stereocenters. The maximum Gasteiger partial charge on any atom is 0.122 e. The normalized spacial score (nSPS) is 24.6. The molecular formula is C16H25BrN2O. The average molecular weight is 341 g/mol. The predicted molar refractivity (Wildman–Crippen MR) is 88.7 cm³/mol. The first-order chi connectivity index (χ1) is 9.55. The molecule has 1 heterocycles. The van der Waals surface area contributed by atoms with Gasteiger partial charge in [0.2, 0.25) is 0 Å². The predicted octanol–water partition coefficient (Wildman–Crippen LogP) is 3.67. The lowest BCUT2D eigenvalue weighted by Gasteiger charge is -2.42. The second kappa shape index (κ2) is 6.81. The summed E-state index contributed by atoms with van der Waals surface area (Å²) >= 11 is 3.58. The highest BCUT2D eigenvalue weighted by Crippen LogP contribution is 2.30. The fourth-order valence-corrected chi connectivity index (χ4v) is 3.21. The van der Waals surface area contributed by atoms with E-state index in [1.165, 1.54) is 12.1 Å². The second-order valence-corrected chi connectivity index (χ2v) is 6.67. The molecular weight excluding hydrogens is 316 g/mol. The molecule has 1 aromatic carbocycles. The van der Waals surface area contributed by atoms with E-state index in [-0.39, 0.29) is 0 Å². The van der Waals surface area contributed by atoms with E-state index in [0.29, 0.717) is 18.0 Å². The fraction of sp³-hybridized carbons (Fsp3) is 0.625. The number of ether oxygens (including phenoxy) is 1. The summed E-state index contributed by atoms with van der Waals surface area (Å²) in [6.07, 6.45) is 1.21. The average Bonchev–Trinajstić information content (AvgIpc) is 2.46. The zero-order chi connectivity index (χ0) is 14.7. The lowest BCUT2D eigenvalue weighted by molar-refractivity contribution is 0.315. The van der Waals surface area contributed by atoms with E-state index in [1.54, 1.807) is 7.11 Å². The third-order valence-electron chi connectivity index (χ3n) is 4.36. The van der Waals surface area contributed by atoms with Crippen molar-refractivity contribution in [2.75, 3.05) is 25.1 Å². The van der Waals surface area contributed by atoms with Crippen molar-refractivity contribution in [2.45, 2.75) is 39.3 Å². The number of hydrogen-bond donors (Lipinski definition) is 1. The molecule has 0 amide bonds. The number of benzene rings is 1. The lowest BCUT2D eigenvalue weighted by Crippen LogP contribution is -2.57. The van der Waals surface area contributed by atoms with Crippen LogP contribution in [0, 0.1) is 5.92 Å². The minimum absolute atomic E-state index is 0.495. The zero-order valence-electron chi connectivity index (χ0n) is 12.8. The summed E-state index contributed by atoms with van der Waals surface area (Å²) in [6, 6.07) is 7.36. The number of nitrogens with zero attached hydrogens (tertiary/aromatic N) is 1. The van der Waals surface area contributed by atoms with Gasteiger partial charge in [-0.3, -0.25) is 0 Å². The number of rotatable bonds is 4. The standard InChI is InChI=1S/C16H25BrN2O/c1-5-11(2)16-10-19(12(3)9-18-16)14-6-13(17)7-15(8-14)20-4/h6-8,11-12,16,18H,5,9-10H2,1-4H3. The van der Waals surface area contributed by atoms with Gasteiger partial charge in [0.15, 0.2) is 0 Å². The van der Waals surface area contributed by atoms with Gasteiger partial charge in [0, 0.05) is 41.4 Å². The van der Waals surface area contributed by atoms with E-state index >= 15 is 0 Å². The molecule has 0 saturated carbocycles. The first-order valence-electron chi connectivity index (χ1n) is 7.39. The van der Waals surface area contributed by atoms with Crippen LogP contribution in [0.15, 0.2) is 22.7 Å². The van der Waals surface area contributed by atoms with Crippen molar-refractivity contribution in [3.8, 4) is 5.75 Å². The molecule has 2 rings (SSSR count). The van der Waals surface area contributed by atoms with Gasteiger partial charge in [-0.2, -0.15) is 0 Å². The van der Waals surface area contributed by atoms with Crippen LogP contribution in [0.5, 0.6) is 5.75 Å². The molecule has 3 nitrogen and oxygen atoms in total. The van der Waals surface area contributed by atoms with Crippen molar-refractivity contribution in [3.63, 3.8) is 0 Å². The molecule has 3 atom stereocenters. The van der Waals surface area contributed by atoms with Crippen LogP contribution in [0.4, 0.5) is 5.69 Å². The highest BCUT2D eigenvalue weighted by atomic mass is 79.9. The van der Waals surface area contributed by atoms with Gasteiger partial charge in [-0.25, -0.2) is 0 Å². The van der Waals surface area contributed by atoms with Gasteiger partial charge in [0.25, 0.3) is 0 Å². The third kappa shape index (κ3) is 3.47. The molecule has 0 radical (unpaired) electrons. The Morgan fingerprint density at radius 1 is 1.45 bits per heavy atom. The van der Waals surface area contributed by atoms with E-state index in [4.69, 9.17) is 4.74 Å². The molecule has 0 aliphatic carbocycles. The lowest BCUT2D eigenvalue weighted by atomic mass is 9.95. The van der Waals surface area contributed by atoms with Crippen LogP contribution in [0.1, 0.15) is 27.2 Å². The first kappa shape index (κ1) is 15.6. The van der Waals surface area contributed by atoms with Crippen LogP contribution in [-0.2, 0) is 0 Å². The Hall–Kier alpha value is -0.740. The van der Waals surface area contributed by atoms with Gasteiger partial charge in [0.1, 0.15) is 5.75 Å². The minimum Gasteiger partial charge on any atom is -0.497 e. The van der Waals surface area contributed by atoms with Crippen molar-refractivity contribution in [3.05, 3.63) is 22.7 Å². The van der Waals surface area contributed by atoms with Gasteiger partial charge < -0.3 is 15.0 Å². The van der Waals surface area contributed by atoms with E-state index in [2.05, 4.69) is 59.1 Å². The van der Waals surface area contributed by atoms with Crippen LogP contribution in [-0.4, -0.2) is 32.3 Å². The molecule has 1 aromatic rings. The summed E-state index contributed by atoms with van der Waals surface area (Å²) in [7, 11) is 1.72. The Labute approximate surface area is 130 Å². The highest BCUT2D eigenvalue weighted by Gasteiger charge is 2.28. The van der Waals surface area contributed by atoms with Gasteiger partial charge in [-0.1, -0.05) is 36.2 Å². The number of hydrogen-bond acceptors (Lipinski definition) is 3. The maximum atomic E-state index is 5.38. The van der Waals surface area contributed by atoms with E-state index < -0.39 is 0 Å². The molecule has 0 aromatic heterocycles. The summed E-state index contributed by atoms with van der Waals surface area (Å²) in [5.41, 5.74) is 1.23. The van der Waals surface area contributed by atoms with Crippen molar-refractivity contribution >= 4 is 21.6 Å². The Balaban J connectivity index is 2.22. The van der Waals surface area contributed by atoms with Crippen LogP contribution in [0.2, 0.25) is 0 Å². The Bertz CT molecular complexity index is 452. The number of methoxy groups -OCH3 is 1. The molecule has 1 fully saturated rings. The van der Waals surface area contributed by atoms with Crippen LogP contribution < -0.4 is 15.0 Å². The van der Waals surface area contributed by atoms with Crippen LogP contribution in [0.3, 0.4) is 0 Å². The Morgan fingerprint density at radius 2 is 2.20 bits per heavy atom. The number of anilines is 1. The van der Waals surface area contributed by atoms with Crippen molar-refractivity contribution < 1.29 is 4.74 Å². The smallest absolute Gasteiger partial charge is 0.122 e. The van der Waals surface area contributed by atoms with Gasteiger partial charge in [-0.05, 0) is 25.0 Å². The number of halogens is 1. The molecule has 1 saturated heterocycles. The summed E-state index contributed by atoms with van der Waals surface area (Å²) in [6.45, 7) is 8.94. The molecule has 112 valence electrons. The maximum absolute atomic E-state index is 5.38. The molecule has 20 heavy (non-hydrogen) atoms. The zero-order valence-corrected chi connectivity index (χ0v) is 14.4. The van der Waals surface area contributed by atoms with Gasteiger partial charge in [0.05, 0.1) is 7.11 Å². The first-order valence-corrected chi connectivity index (χ1v) is 8.19. The fourth-order valence-electron chi connectivity index (χ4n) is 2.75. The number of piperazine rings is 1. The molecule has 0 spiro atoms. The van der Waals surface area contributed by atoms with Crippen LogP contribution >= 0.6 is 15.9 Å². The van der Waals surface area contributed by atoms with Crippen LogP contribution in [0.25, 0.3) is 0 Å². The molecule has 1 aliphatic rings. The molecule has 1 aliphatic heterocycles. The topological polar surface area (TPSA) is 24.5 Å². The van der Waals surface area contributed by atoms with E-state index in [9.17, 15) is 0 Å². The SMILES string of the molecule is CCC(C)C1CN(c2cc(Br)cc(OC)c2)C(C)CN1. The molecule has 1 N–H and O–H groups in total. The van der Waals surface area contributed by atoms with Crippen molar-refractivity contribution in [2.24, 2.45) is 5.92 Å². The Morgan fingerprint density at radius 3 is 2.85 bits per heavy atom. The monoisotopic (exact) mass is 340 g/mol. The van der Waals surface area contributed by atoms with Crippen molar-refractivity contribution in [1.82, 2.24) is 5.32 Å². The largest absolute Gasteiger partial charge is 0.497 e. The van der Waals surface area contributed by atoms with Gasteiger partial charge in [-0.15, -0.1) is 0 Å². The second-order valence-electron chi connectivity index (χ2n) is 5.75. The third-order valence-corrected chi connectivity index (χ3v) is 4.81. The van der Waals surface area contributed by atoms with Crippen molar-refractivity contribution in [1.29, 1.82) is 0 Å². The Kier molecular flexibility index (Phi) is 5.33.